The smallest absolute Gasteiger partial charge is 0.339 e. The average molecular weight is 554 g/mol. The molecule has 34 heavy (non-hydrogen) atoms. The van der Waals surface area contributed by atoms with Crippen molar-refractivity contribution in [2.45, 2.75) is 44.8 Å². The molecular weight excluding hydrogens is 523 g/mol. The van der Waals surface area contributed by atoms with E-state index in [9.17, 15) is 9.18 Å². The third-order valence-electron chi connectivity index (χ3n) is 6.98. The fourth-order valence-corrected chi connectivity index (χ4v) is 5.72. The Bertz CT molecular complexity index is 1020. The first kappa shape index (κ1) is 25.4. The van der Waals surface area contributed by atoms with E-state index in [1.165, 1.54) is 19.4 Å². The van der Waals surface area contributed by atoms with E-state index in [1.807, 2.05) is 12.1 Å². The Hall–Kier alpha value is -1.74. The lowest BCUT2D eigenvalue weighted by molar-refractivity contribution is 0.0598. The number of pyridine rings is 1. The molecule has 2 aromatic rings. The van der Waals surface area contributed by atoms with Crippen molar-refractivity contribution in [3.63, 3.8) is 0 Å². The number of benzene rings is 1. The second-order valence-corrected chi connectivity index (χ2v) is 10.3. The highest BCUT2D eigenvalue weighted by atomic mass is 79.9. The molecule has 2 aliphatic rings. The van der Waals surface area contributed by atoms with Crippen LogP contribution in [0, 0.1) is 5.82 Å². The van der Waals surface area contributed by atoms with Crippen LogP contribution in [0.25, 0.3) is 0 Å². The van der Waals surface area contributed by atoms with Crippen molar-refractivity contribution in [2.75, 3.05) is 44.7 Å². The topological polar surface area (TPSA) is 48.9 Å². The summed E-state index contributed by atoms with van der Waals surface area (Å²) < 4.78 is 19.8. The van der Waals surface area contributed by atoms with Gasteiger partial charge in [0.2, 0.25) is 0 Å². The highest BCUT2D eigenvalue weighted by Gasteiger charge is 2.34. The zero-order valence-electron chi connectivity index (χ0n) is 19.6. The Labute approximate surface area is 214 Å². The highest BCUT2D eigenvalue weighted by molar-refractivity contribution is 9.10. The summed E-state index contributed by atoms with van der Waals surface area (Å²) in [6, 6.07) is 7.88. The Morgan fingerprint density at radius 1 is 1.24 bits per heavy atom. The van der Waals surface area contributed by atoms with Crippen molar-refractivity contribution in [3.05, 3.63) is 56.9 Å². The van der Waals surface area contributed by atoms with E-state index in [0.29, 0.717) is 29.2 Å². The number of carbonyl (C=O) groups excluding carboxylic acids is 1. The molecule has 2 fully saturated rings. The number of hydrogen-bond donors (Lipinski definition) is 0. The number of hydrogen-bond acceptors (Lipinski definition) is 6. The van der Waals surface area contributed by atoms with E-state index < -0.39 is 5.97 Å². The normalized spacial score (nSPS) is 20.5. The van der Waals surface area contributed by atoms with Gasteiger partial charge in [0.25, 0.3) is 0 Å². The number of carbonyl (C=O) groups is 1. The standard InChI is InChI=1S/C25H31BrClFN4O2/c1-3-20-16-31(24-22(27)12-18(14-29-24)25(33)34-2)10-11-32(20)21-6-8-30(9-7-21)15-17-4-5-19(26)13-23(17)28/h4-5,12-14,20-21H,3,6-11,15-16H2,1-2H3/t20-/m0/s1. The predicted octanol–water partition coefficient (Wildman–Crippen LogP) is 4.99. The number of halogens is 3. The second kappa shape index (κ2) is 11.3. The molecule has 0 amide bonds. The minimum absolute atomic E-state index is 0.148. The van der Waals surface area contributed by atoms with Gasteiger partial charge in [0, 0.05) is 54.5 Å². The largest absolute Gasteiger partial charge is 0.465 e. The Balaban J connectivity index is 1.34. The van der Waals surface area contributed by atoms with E-state index >= 15 is 0 Å². The molecule has 6 nitrogen and oxygen atoms in total. The summed E-state index contributed by atoms with van der Waals surface area (Å²) in [5.41, 5.74) is 1.11. The molecule has 2 saturated heterocycles. The van der Waals surface area contributed by atoms with E-state index in [1.54, 1.807) is 6.07 Å². The van der Waals surface area contributed by atoms with Crippen molar-refractivity contribution >= 4 is 39.3 Å². The van der Waals surface area contributed by atoms with Crippen LogP contribution in [-0.4, -0.2) is 72.7 Å². The molecule has 184 valence electrons. The zero-order chi connectivity index (χ0) is 24.2. The van der Waals surface area contributed by atoms with Crippen molar-refractivity contribution < 1.29 is 13.9 Å². The van der Waals surface area contributed by atoms with E-state index in [2.05, 4.69) is 42.5 Å². The average Bonchev–Trinajstić information content (AvgIpc) is 2.85. The first-order valence-corrected chi connectivity index (χ1v) is 13.0. The van der Waals surface area contributed by atoms with Gasteiger partial charge in [-0.25, -0.2) is 14.2 Å². The number of nitrogens with zero attached hydrogens (tertiary/aromatic N) is 4. The van der Waals surface area contributed by atoms with Gasteiger partial charge in [0.1, 0.15) is 11.6 Å². The molecule has 1 aromatic carbocycles. The number of piperidine rings is 1. The third kappa shape index (κ3) is 5.73. The zero-order valence-corrected chi connectivity index (χ0v) is 22.0. The minimum Gasteiger partial charge on any atom is -0.465 e. The van der Waals surface area contributed by atoms with Crippen LogP contribution >= 0.6 is 27.5 Å². The molecule has 0 N–H and O–H groups in total. The van der Waals surface area contributed by atoms with Crippen LogP contribution in [0.2, 0.25) is 5.02 Å². The van der Waals surface area contributed by atoms with Crippen LogP contribution in [-0.2, 0) is 11.3 Å². The van der Waals surface area contributed by atoms with Crippen LogP contribution in [0.4, 0.5) is 10.2 Å². The summed E-state index contributed by atoms with van der Waals surface area (Å²) in [5.74, 6) is 0.135. The fourth-order valence-electron chi connectivity index (χ4n) is 5.10. The summed E-state index contributed by atoms with van der Waals surface area (Å²) in [5, 5.41) is 0.472. The van der Waals surface area contributed by atoms with Gasteiger partial charge in [-0.3, -0.25) is 9.80 Å². The Morgan fingerprint density at radius 3 is 2.65 bits per heavy atom. The monoisotopic (exact) mass is 552 g/mol. The number of aromatic nitrogens is 1. The molecule has 1 aromatic heterocycles. The van der Waals surface area contributed by atoms with Gasteiger partial charge in [0.05, 0.1) is 17.7 Å². The van der Waals surface area contributed by atoms with Crippen LogP contribution in [0.3, 0.4) is 0 Å². The minimum atomic E-state index is -0.439. The molecule has 0 aliphatic carbocycles. The number of likely N-dealkylation sites (tertiary alicyclic amines) is 1. The fraction of sp³-hybridized carbons (Fsp3) is 0.520. The van der Waals surface area contributed by atoms with Crippen LogP contribution in [0.5, 0.6) is 0 Å². The molecule has 0 bridgehead atoms. The number of ether oxygens (including phenoxy) is 1. The molecule has 9 heteroatoms. The van der Waals surface area contributed by atoms with Gasteiger partial charge in [-0.2, -0.15) is 0 Å². The van der Waals surface area contributed by atoms with Crippen molar-refractivity contribution in [1.82, 2.24) is 14.8 Å². The first-order chi connectivity index (χ1) is 16.4. The van der Waals surface area contributed by atoms with Gasteiger partial charge in [0.15, 0.2) is 0 Å². The quantitative estimate of drug-likeness (QED) is 0.470. The number of piperazine rings is 1. The predicted molar refractivity (Wildman–Crippen MR) is 136 cm³/mol. The number of rotatable bonds is 6. The number of esters is 1. The van der Waals surface area contributed by atoms with Gasteiger partial charge in [-0.1, -0.05) is 40.5 Å². The van der Waals surface area contributed by atoms with E-state index in [0.717, 1.165) is 67.8 Å². The molecule has 0 saturated carbocycles. The first-order valence-electron chi connectivity index (χ1n) is 11.8. The van der Waals surface area contributed by atoms with Gasteiger partial charge in [-0.15, -0.1) is 0 Å². The van der Waals surface area contributed by atoms with Crippen molar-refractivity contribution in [1.29, 1.82) is 0 Å². The molecule has 0 unspecified atom stereocenters. The second-order valence-electron chi connectivity index (χ2n) is 9.01. The highest BCUT2D eigenvalue weighted by Crippen LogP contribution is 2.30. The SMILES string of the molecule is CC[C@H]1CN(c2ncc(C(=O)OC)cc2Cl)CCN1C1CCN(Cc2ccc(Br)cc2F)CC1. The molecule has 0 spiro atoms. The van der Waals surface area contributed by atoms with Crippen LogP contribution in [0.1, 0.15) is 42.1 Å². The summed E-state index contributed by atoms with van der Waals surface area (Å²) in [7, 11) is 1.35. The molecular formula is C25H31BrClFN4O2. The van der Waals surface area contributed by atoms with E-state index in [-0.39, 0.29) is 5.82 Å². The number of methoxy groups -OCH3 is 1. The third-order valence-corrected chi connectivity index (χ3v) is 7.75. The lowest BCUT2D eigenvalue weighted by Crippen LogP contribution is -2.58. The van der Waals surface area contributed by atoms with Crippen LogP contribution < -0.4 is 4.90 Å². The maximum Gasteiger partial charge on any atom is 0.339 e. The molecule has 3 heterocycles. The molecule has 2 aliphatic heterocycles. The maximum absolute atomic E-state index is 14.2. The van der Waals surface area contributed by atoms with Crippen molar-refractivity contribution in [2.24, 2.45) is 0 Å². The van der Waals surface area contributed by atoms with Gasteiger partial charge >= 0.3 is 5.97 Å². The molecule has 0 radical (unpaired) electrons. The number of anilines is 1. The van der Waals surface area contributed by atoms with Gasteiger partial charge in [-0.05, 0) is 50.6 Å². The molecule has 1 atom stereocenters. The van der Waals surface area contributed by atoms with Crippen LogP contribution in [0.15, 0.2) is 34.9 Å². The Morgan fingerprint density at radius 2 is 2.00 bits per heavy atom. The molecule has 4 rings (SSSR count). The van der Waals surface area contributed by atoms with Crippen molar-refractivity contribution in [3.8, 4) is 0 Å². The summed E-state index contributed by atoms with van der Waals surface area (Å²) in [6.45, 7) is 7.46. The summed E-state index contributed by atoms with van der Waals surface area (Å²) in [6.07, 6.45) is 4.74. The summed E-state index contributed by atoms with van der Waals surface area (Å²) >= 11 is 9.81. The lowest BCUT2D eigenvalue weighted by Gasteiger charge is -2.47. The van der Waals surface area contributed by atoms with E-state index in [4.69, 9.17) is 16.3 Å². The lowest BCUT2D eigenvalue weighted by atomic mass is 9.97. The Kier molecular flexibility index (Phi) is 8.45. The van der Waals surface area contributed by atoms with Gasteiger partial charge < -0.3 is 9.64 Å². The summed E-state index contributed by atoms with van der Waals surface area (Å²) in [4.78, 5) is 23.5. The maximum atomic E-state index is 14.2.